The van der Waals surface area contributed by atoms with Crippen LogP contribution in [-0.4, -0.2) is 56.7 Å². The third-order valence-corrected chi connectivity index (χ3v) is 5.32. The number of hydrogen-bond donors (Lipinski definition) is 2. The molecule has 0 aromatic heterocycles. The van der Waals surface area contributed by atoms with E-state index in [9.17, 15) is 0 Å². The molecule has 1 aromatic carbocycles. The maximum atomic E-state index is 5.57. The molecule has 6 heteroatoms. The molecule has 0 spiro atoms. The average molecular weight is 472 g/mol. The lowest BCUT2D eigenvalue weighted by Crippen LogP contribution is -2.45. The Hall–Kier alpha value is -1.02. The molecule has 2 aliphatic heterocycles. The zero-order valence-electron chi connectivity index (χ0n) is 16.1. The minimum atomic E-state index is 0. The Kier molecular flexibility index (Phi) is 8.98. The van der Waals surface area contributed by atoms with Crippen molar-refractivity contribution < 1.29 is 4.74 Å². The smallest absolute Gasteiger partial charge is 0.191 e. The summed E-state index contributed by atoms with van der Waals surface area (Å²) in [7, 11) is 1.84. The van der Waals surface area contributed by atoms with Crippen LogP contribution in [0.2, 0.25) is 0 Å². The zero-order valence-corrected chi connectivity index (χ0v) is 18.4. The number of nitrogens with one attached hydrogen (secondary N) is 2. The lowest BCUT2D eigenvalue weighted by Gasteiger charge is -2.33. The van der Waals surface area contributed by atoms with Gasteiger partial charge in [-0.3, -0.25) is 9.89 Å². The fourth-order valence-electron chi connectivity index (χ4n) is 3.75. The van der Waals surface area contributed by atoms with E-state index in [0.29, 0.717) is 6.04 Å². The molecule has 2 N–H and O–H groups in total. The van der Waals surface area contributed by atoms with Crippen LogP contribution in [0, 0.1) is 0 Å². The topological polar surface area (TPSA) is 48.9 Å². The van der Waals surface area contributed by atoms with E-state index in [-0.39, 0.29) is 24.0 Å². The largest absolute Gasteiger partial charge is 0.493 e. The van der Waals surface area contributed by atoms with Crippen LogP contribution < -0.4 is 15.4 Å². The number of aliphatic imine (C=N–C) groups is 1. The summed E-state index contributed by atoms with van der Waals surface area (Å²) in [6.45, 7) is 7.32. The first kappa shape index (κ1) is 21.3. The van der Waals surface area contributed by atoms with Gasteiger partial charge < -0.3 is 15.4 Å². The fraction of sp³-hybridized carbons (Fsp3) is 0.650. The molecule has 0 radical (unpaired) electrons. The van der Waals surface area contributed by atoms with Crippen molar-refractivity contribution in [2.45, 2.75) is 45.1 Å². The van der Waals surface area contributed by atoms with E-state index in [1.165, 1.54) is 36.9 Å². The molecule has 0 amide bonds. The van der Waals surface area contributed by atoms with Gasteiger partial charge in [-0.05, 0) is 49.9 Å². The summed E-state index contributed by atoms with van der Waals surface area (Å²) < 4.78 is 5.57. The normalized spacial score (nSPS) is 20.1. The molecule has 3 rings (SSSR count). The molecular weight excluding hydrogens is 439 g/mol. The lowest BCUT2D eigenvalue weighted by atomic mass is 10.0. The highest BCUT2D eigenvalue weighted by Crippen LogP contribution is 2.25. The second-order valence-electron chi connectivity index (χ2n) is 7.10. The molecular formula is C20H33IN4O. The quantitative estimate of drug-likeness (QED) is 0.380. The van der Waals surface area contributed by atoms with Gasteiger partial charge in [0.2, 0.25) is 0 Å². The van der Waals surface area contributed by atoms with E-state index >= 15 is 0 Å². The zero-order chi connectivity index (χ0) is 17.5. The monoisotopic (exact) mass is 472 g/mol. The van der Waals surface area contributed by atoms with Gasteiger partial charge >= 0.3 is 0 Å². The number of fused-ring (bicyclic) bond motifs is 1. The Bertz CT molecular complexity index is 593. The molecule has 1 atom stereocenters. The number of benzene rings is 1. The highest BCUT2D eigenvalue weighted by Gasteiger charge is 2.17. The van der Waals surface area contributed by atoms with Crippen molar-refractivity contribution in [3.63, 3.8) is 0 Å². The van der Waals surface area contributed by atoms with Crippen molar-refractivity contribution in [1.82, 2.24) is 15.5 Å². The van der Waals surface area contributed by atoms with Gasteiger partial charge in [-0.1, -0.05) is 18.6 Å². The third-order valence-electron chi connectivity index (χ3n) is 5.32. The Morgan fingerprint density at radius 3 is 2.92 bits per heavy atom. The SMILES string of the molecule is CN=C(NCCc1ccc2c(c1)CCO2)NCCN1CCCCC1C.I. The average Bonchev–Trinajstić information content (AvgIpc) is 3.09. The Balaban J connectivity index is 0.00000243. The predicted molar refractivity (Wildman–Crippen MR) is 119 cm³/mol. The van der Waals surface area contributed by atoms with Gasteiger partial charge in [-0.2, -0.15) is 0 Å². The minimum absolute atomic E-state index is 0. The summed E-state index contributed by atoms with van der Waals surface area (Å²) in [4.78, 5) is 6.91. The van der Waals surface area contributed by atoms with Crippen LogP contribution in [0.3, 0.4) is 0 Å². The molecule has 26 heavy (non-hydrogen) atoms. The second-order valence-corrected chi connectivity index (χ2v) is 7.10. The van der Waals surface area contributed by atoms with Crippen LogP contribution >= 0.6 is 24.0 Å². The molecule has 146 valence electrons. The van der Waals surface area contributed by atoms with Crippen LogP contribution in [0.4, 0.5) is 0 Å². The molecule has 1 saturated heterocycles. The van der Waals surface area contributed by atoms with Gasteiger partial charge in [-0.15, -0.1) is 24.0 Å². The molecule has 1 unspecified atom stereocenters. The van der Waals surface area contributed by atoms with Gasteiger partial charge in [0.25, 0.3) is 0 Å². The molecule has 2 aliphatic rings. The van der Waals surface area contributed by atoms with Crippen LogP contribution in [0.5, 0.6) is 5.75 Å². The van der Waals surface area contributed by atoms with Crippen molar-refractivity contribution >= 4 is 29.9 Å². The first-order valence-corrected chi connectivity index (χ1v) is 9.69. The number of halogens is 1. The maximum Gasteiger partial charge on any atom is 0.191 e. The Labute approximate surface area is 175 Å². The van der Waals surface area contributed by atoms with Crippen molar-refractivity contribution in [1.29, 1.82) is 0 Å². The summed E-state index contributed by atoms with van der Waals surface area (Å²) in [5, 5.41) is 6.87. The highest BCUT2D eigenvalue weighted by molar-refractivity contribution is 14.0. The standard InChI is InChI=1S/C20H32N4O.HI/c1-16-5-3-4-12-24(16)13-11-23-20(21-2)22-10-8-17-6-7-19-18(15-17)9-14-25-19;/h6-7,15-16H,3-5,8-14H2,1-2H3,(H2,21,22,23);1H. The van der Waals surface area contributed by atoms with Crippen molar-refractivity contribution in [3.05, 3.63) is 29.3 Å². The molecule has 0 aliphatic carbocycles. The summed E-state index contributed by atoms with van der Waals surface area (Å²) in [6.07, 6.45) is 6.08. The number of guanidine groups is 1. The van der Waals surface area contributed by atoms with Crippen LogP contribution in [0.15, 0.2) is 23.2 Å². The molecule has 5 nitrogen and oxygen atoms in total. The minimum Gasteiger partial charge on any atom is -0.493 e. The van der Waals surface area contributed by atoms with Crippen molar-refractivity contribution in [3.8, 4) is 5.75 Å². The second kappa shape index (κ2) is 11.0. The van der Waals surface area contributed by atoms with Crippen molar-refractivity contribution in [2.75, 3.05) is 39.8 Å². The Morgan fingerprint density at radius 1 is 1.27 bits per heavy atom. The van der Waals surface area contributed by atoms with E-state index < -0.39 is 0 Å². The molecule has 0 bridgehead atoms. The van der Waals surface area contributed by atoms with E-state index in [4.69, 9.17) is 4.74 Å². The Morgan fingerprint density at radius 2 is 2.12 bits per heavy atom. The number of likely N-dealkylation sites (tertiary alicyclic amines) is 1. The summed E-state index contributed by atoms with van der Waals surface area (Å²) >= 11 is 0. The van der Waals surface area contributed by atoms with Crippen molar-refractivity contribution in [2.24, 2.45) is 4.99 Å². The highest BCUT2D eigenvalue weighted by atomic mass is 127. The van der Waals surface area contributed by atoms with E-state index in [0.717, 1.165) is 50.8 Å². The lowest BCUT2D eigenvalue weighted by molar-refractivity contribution is 0.163. The van der Waals surface area contributed by atoms with E-state index in [2.05, 4.69) is 45.6 Å². The number of ether oxygens (including phenoxy) is 1. The predicted octanol–water partition coefficient (Wildman–Crippen LogP) is 2.82. The summed E-state index contributed by atoms with van der Waals surface area (Å²) in [5.74, 6) is 1.95. The molecule has 2 heterocycles. The number of piperidine rings is 1. The van der Waals surface area contributed by atoms with Crippen LogP contribution in [-0.2, 0) is 12.8 Å². The van der Waals surface area contributed by atoms with Gasteiger partial charge in [0, 0.05) is 39.1 Å². The first-order valence-electron chi connectivity index (χ1n) is 9.69. The van der Waals surface area contributed by atoms with Gasteiger partial charge in [0.05, 0.1) is 6.61 Å². The fourth-order valence-corrected chi connectivity index (χ4v) is 3.75. The van der Waals surface area contributed by atoms with Crippen LogP contribution in [0.25, 0.3) is 0 Å². The maximum absolute atomic E-state index is 5.57. The van der Waals surface area contributed by atoms with Gasteiger partial charge in [0.15, 0.2) is 5.96 Å². The number of nitrogens with zero attached hydrogens (tertiary/aromatic N) is 2. The van der Waals surface area contributed by atoms with Gasteiger partial charge in [-0.25, -0.2) is 0 Å². The van der Waals surface area contributed by atoms with E-state index in [1.54, 1.807) is 0 Å². The van der Waals surface area contributed by atoms with Crippen LogP contribution in [0.1, 0.15) is 37.3 Å². The number of hydrogen-bond acceptors (Lipinski definition) is 3. The van der Waals surface area contributed by atoms with Gasteiger partial charge in [0.1, 0.15) is 5.75 Å². The van der Waals surface area contributed by atoms with E-state index in [1.807, 2.05) is 7.05 Å². The molecule has 0 saturated carbocycles. The molecule has 1 fully saturated rings. The number of rotatable bonds is 6. The summed E-state index contributed by atoms with van der Waals surface area (Å²) in [5.41, 5.74) is 2.70. The molecule has 1 aromatic rings. The first-order chi connectivity index (χ1) is 12.3. The summed E-state index contributed by atoms with van der Waals surface area (Å²) in [6, 6.07) is 7.26. The third kappa shape index (κ3) is 6.01.